The van der Waals surface area contributed by atoms with Crippen LogP contribution in [0, 0.1) is 6.92 Å². The zero-order chi connectivity index (χ0) is 18.7. The van der Waals surface area contributed by atoms with Crippen molar-refractivity contribution in [3.63, 3.8) is 0 Å². The Hall–Kier alpha value is -2.57. The minimum atomic E-state index is -0.685. The summed E-state index contributed by atoms with van der Waals surface area (Å²) >= 11 is 0. The van der Waals surface area contributed by atoms with E-state index in [1.54, 1.807) is 21.9 Å². The summed E-state index contributed by atoms with van der Waals surface area (Å²) in [5, 5.41) is 9.32. The highest BCUT2D eigenvalue weighted by atomic mass is 35.5. The molecule has 0 aromatic heterocycles. The number of carbonyl (C=O) groups excluding carboxylic acids is 2. The molecule has 1 aliphatic rings. The molecule has 0 spiro atoms. The second-order valence-electron chi connectivity index (χ2n) is 6.55. The van der Waals surface area contributed by atoms with Crippen molar-refractivity contribution < 1.29 is 14.7 Å². The lowest BCUT2D eigenvalue weighted by Crippen LogP contribution is -2.52. The fraction of sp³-hybridized carbons (Fsp3) is 0.300. The molecule has 2 amide bonds. The minimum Gasteiger partial charge on any atom is -0.508 e. The Morgan fingerprint density at radius 3 is 2.00 bits per heavy atom. The molecule has 144 valence electrons. The normalized spacial score (nSPS) is 15.0. The number of nitrogens with two attached hydrogens (primary N) is 1. The molecule has 1 heterocycles. The van der Waals surface area contributed by atoms with E-state index in [2.05, 4.69) is 0 Å². The van der Waals surface area contributed by atoms with Gasteiger partial charge in [0.25, 0.3) is 5.91 Å². The van der Waals surface area contributed by atoms with Gasteiger partial charge in [0.15, 0.2) is 0 Å². The Balaban J connectivity index is 0.00000261. The number of halogens is 1. The van der Waals surface area contributed by atoms with Crippen molar-refractivity contribution in [3.05, 3.63) is 65.2 Å². The van der Waals surface area contributed by atoms with Gasteiger partial charge in [-0.05, 0) is 36.8 Å². The number of phenols is 1. The van der Waals surface area contributed by atoms with Crippen molar-refractivity contribution in [2.45, 2.75) is 13.0 Å². The van der Waals surface area contributed by atoms with Gasteiger partial charge >= 0.3 is 0 Å². The average Bonchev–Trinajstić information content (AvgIpc) is 2.67. The lowest BCUT2D eigenvalue weighted by molar-refractivity contribution is -0.134. The third-order valence-electron chi connectivity index (χ3n) is 4.70. The van der Waals surface area contributed by atoms with E-state index in [4.69, 9.17) is 5.73 Å². The van der Waals surface area contributed by atoms with Gasteiger partial charge in [0.1, 0.15) is 11.8 Å². The summed E-state index contributed by atoms with van der Waals surface area (Å²) in [5.74, 6) is -0.0902. The van der Waals surface area contributed by atoms with Crippen LogP contribution < -0.4 is 5.73 Å². The molecule has 1 fully saturated rings. The van der Waals surface area contributed by atoms with Crippen LogP contribution in [-0.4, -0.2) is 52.9 Å². The van der Waals surface area contributed by atoms with E-state index in [0.717, 1.165) is 11.1 Å². The van der Waals surface area contributed by atoms with Crippen LogP contribution in [-0.2, 0) is 4.79 Å². The van der Waals surface area contributed by atoms with Crippen LogP contribution in [0.15, 0.2) is 48.5 Å². The molecule has 6 nitrogen and oxygen atoms in total. The Bertz CT molecular complexity index is 785. The van der Waals surface area contributed by atoms with Crippen molar-refractivity contribution in [1.29, 1.82) is 0 Å². The minimum absolute atomic E-state index is 0. The van der Waals surface area contributed by atoms with Crippen LogP contribution in [0.25, 0.3) is 0 Å². The second-order valence-corrected chi connectivity index (χ2v) is 6.55. The fourth-order valence-electron chi connectivity index (χ4n) is 3.03. The maximum absolute atomic E-state index is 12.6. The molecular weight excluding hydrogens is 366 g/mol. The number of rotatable bonds is 3. The highest BCUT2D eigenvalue weighted by Gasteiger charge is 2.28. The number of carbonyl (C=O) groups is 2. The summed E-state index contributed by atoms with van der Waals surface area (Å²) in [5.41, 5.74) is 8.57. The van der Waals surface area contributed by atoms with Gasteiger partial charge in [-0.2, -0.15) is 0 Å². The second kappa shape index (κ2) is 8.88. The summed E-state index contributed by atoms with van der Waals surface area (Å²) in [6.45, 7) is 3.84. The molecule has 0 radical (unpaired) electrons. The van der Waals surface area contributed by atoms with E-state index in [1.165, 1.54) is 12.1 Å². The monoisotopic (exact) mass is 389 g/mol. The van der Waals surface area contributed by atoms with Gasteiger partial charge in [0.05, 0.1) is 0 Å². The number of aromatic hydroxyl groups is 1. The SMILES string of the molecule is Cc1ccc(C(N)C(=O)N2CCN(C(=O)c3ccc(O)cc3)CC2)cc1.Cl. The van der Waals surface area contributed by atoms with Crippen LogP contribution in [0.5, 0.6) is 5.75 Å². The summed E-state index contributed by atoms with van der Waals surface area (Å²) in [6.07, 6.45) is 0. The van der Waals surface area contributed by atoms with Crippen molar-refractivity contribution in [2.75, 3.05) is 26.2 Å². The quantitative estimate of drug-likeness (QED) is 0.841. The van der Waals surface area contributed by atoms with Gasteiger partial charge in [0.2, 0.25) is 5.91 Å². The van der Waals surface area contributed by atoms with Crippen molar-refractivity contribution in [3.8, 4) is 5.75 Å². The van der Waals surface area contributed by atoms with Gasteiger partial charge in [-0.3, -0.25) is 9.59 Å². The first-order valence-electron chi connectivity index (χ1n) is 8.65. The molecule has 2 aromatic carbocycles. The maximum atomic E-state index is 12.6. The lowest BCUT2D eigenvalue weighted by atomic mass is 10.0. The molecule has 7 heteroatoms. The molecular formula is C20H24ClN3O3. The molecule has 0 bridgehead atoms. The lowest BCUT2D eigenvalue weighted by Gasteiger charge is -2.36. The first kappa shape index (κ1) is 20.7. The summed E-state index contributed by atoms with van der Waals surface area (Å²) in [4.78, 5) is 28.6. The first-order valence-corrected chi connectivity index (χ1v) is 8.65. The standard InChI is InChI=1S/C20H23N3O3.ClH/c1-14-2-4-15(5-3-14)18(21)20(26)23-12-10-22(11-13-23)19(25)16-6-8-17(24)9-7-16;/h2-9,18,24H,10-13,21H2,1H3;1H. The molecule has 1 atom stereocenters. The largest absolute Gasteiger partial charge is 0.508 e. The van der Waals surface area contributed by atoms with Gasteiger partial charge in [0, 0.05) is 31.7 Å². The van der Waals surface area contributed by atoms with E-state index < -0.39 is 6.04 Å². The van der Waals surface area contributed by atoms with E-state index in [-0.39, 0.29) is 30.0 Å². The Morgan fingerprint density at radius 2 is 1.44 bits per heavy atom. The number of amides is 2. The predicted octanol–water partition coefficient (Wildman–Crippen LogP) is 2.11. The van der Waals surface area contributed by atoms with E-state index >= 15 is 0 Å². The Kier molecular flexibility index (Phi) is 6.82. The number of aryl methyl sites for hydroxylation is 1. The molecule has 2 aromatic rings. The number of piperazine rings is 1. The van der Waals surface area contributed by atoms with Crippen LogP contribution >= 0.6 is 12.4 Å². The van der Waals surface area contributed by atoms with Gasteiger partial charge in [-0.15, -0.1) is 12.4 Å². The first-order chi connectivity index (χ1) is 12.5. The number of nitrogens with zero attached hydrogens (tertiary/aromatic N) is 2. The maximum Gasteiger partial charge on any atom is 0.253 e. The van der Waals surface area contributed by atoms with Crippen molar-refractivity contribution in [1.82, 2.24) is 9.80 Å². The van der Waals surface area contributed by atoms with E-state index in [0.29, 0.717) is 31.7 Å². The molecule has 0 aliphatic carbocycles. The summed E-state index contributed by atoms with van der Waals surface area (Å²) < 4.78 is 0. The van der Waals surface area contributed by atoms with Gasteiger partial charge in [-0.1, -0.05) is 29.8 Å². The number of hydrogen-bond acceptors (Lipinski definition) is 4. The third kappa shape index (κ3) is 4.78. The van der Waals surface area contributed by atoms with Gasteiger partial charge < -0.3 is 20.6 Å². The van der Waals surface area contributed by atoms with Crippen LogP contribution in [0.4, 0.5) is 0 Å². The Labute approximate surface area is 165 Å². The molecule has 1 unspecified atom stereocenters. The zero-order valence-electron chi connectivity index (χ0n) is 15.2. The van der Waals surface area contributed by atoms with E-state index in [1.807, 2.05) is 31.2 Å². The predicted molar refractivity (Wildman–Crippen MR) is 106 cm³/mol. The number of phenolic OH excluding ortho intramolecular Hbond substituents is 1. The molecule has 1 saturated heterocycles. The highest BCUT2D eigenvalue weighted by molar-refractivity contribution is 5.94. The van der Waals surface area contributed by atoms with Crippen LogP contribution in [0.3, 0.4) is 0 Å². The Morgan fingerprint density at radius 1 is 0.926 bits per heavy atom. The van der Waals surface area contributed by atoms with E-state index in [9.17, 15) is 14.7 Å². The number of hydrogen-bond donors (Lipinski definition) is 2. The molecule has 3 N–H and O–H groups in total. The van der Waals surface area contributed by atoms with Crippen LogP contribution in [0.2, 0.25) is 0 Å². The fourth-order valence-corrected chi connectivity index (χ4v) is 3.03. The number of benzene rings is 2. The van der Waals surface area contributed by atoms with Crippen molar-refractivity contribution >= 4 is 24.2 Å². The summed E-state index contributed by atoms with van der Waals surface area (Å²) in [6, 6.07) is 13.1. The smallest absolute Gasteiger partial charge is 0.253 e. The highest BCUT2D eigenvalue weighted by Crippen LogP contribution is 2.17. The zero-order valence-corrected chi connectivity index (χ0v) is 16.0. The average molecular weight is 390 g/mol. The van der Waals surface area contributed by atoms with Gasteiger partial charge in [-0.25, -0.2) is 0 Å². The van der Waals surface area contributed by atoms with Crippen molar-refractivity contribution in [2.24, 2.45) is 5.73 Å². The molecule has 27 heavy (non-hydrogen) atoms. The van der Waals surface area contributed by atoms with Crippen LogP contribution in [0.1, 0.15) is 27.5 Å². The molecule has 0 saturated carbocycles. The third-order valence-corrected chi connectivity index (χ3v) is 4.70. The molecule has 3 rings (SSSR count). The summed E-state index contributed by atoms with van der Waals surface area (Å²) in [7, 11) is 0. The topological polar surface area (TPSA) is 86.9 Å². The molecule has 1 aliphatic heterocycles.